The van der Waals surface area contributed by atoms with E-state index in [2.05, 4.69) is 0 Å². The number of ether oxygens (including phenoxy) is 4. The van der Waals surface area contributed by atoms with E-state index in [1.54, 1.807) is 0 Å². The minimum Gasteiger partial charge on any atom is -0.394 e. The molecule has 202 valence electrons. The first kappa shape index (κ1) is 29.6. The zero-order chi connectivity index (χ0) is 25.7. The summed E-state index contributed by atoms with van der Waals surface area (Å²) in [6, 6.07) is 0. The molecule has 0 radical (unpaired) electrons. The van der Waals surface area contributed by atoms with Crippen LogP contribution in [-0.2, 0) is 18.9 Å². The normalized spacial score (nSPS) is 42.7. The first-order chi connectivity index (χ1) is 16.0. The average molecular weight is 506 g/mol. The summed E-state index contributed by atoms with van der Waals surface area (Å²) in [7, 11) is 0. The van der Waals surface area contributed by atoms with Gasteiger partial charge in [-0.05, 0) is 0 Å². The van der Waals surface area contributed by atoms with Gasteiger partial charge in [0.2, 0.25) is 0 Å². The summed E-state index contributed by atoms with van der Waals surface area (Å²) >= 11 is 0. The second-order valence-electron chi connectivity index (χ2n) is 8.09. The molecule has 2 fully saturated rings. The maximum atomic E-state index is 10.5. The summed E-state index contributed by atoms with van der Waals surface area (Å²) in [4.78, 5) is 0. The molecule has 2 rings (SSSR count). The van der Waals surface area contributed by atoms with Crippen molar-refractivity contribution < 1.29 is 80.2 Å². The van der Waals surface area contributed by atoms with Crippen molar-refractivity contribution in [1.82, 2.24) is 0 Å². The molecule has 0 aromatic heterocycles. The Labute approximate surface area is 193 Å². The fourth-order valence-electron chi connectivity index (χ4n) is 3.60. The highest BCUT2D eigenvalue weighted by atomic mass is 16.8. The molecule has 0 unspecified atom stereocenters. The Bertz CT molecular complexity index is 596. The van der Waals surface area contributed by atoms with E-state index < -0.39 is 112 Å². The second-order valence-corrected chi connectivity index (χ2v) is 8.09. The minimum atomic E-state index is -2.00. The van der Waals surface area contributed by atoms with E-state index in [1.807, 2.05) is 0 Å². The third kappa shape index (κ3) is 6.37. The Hall–Kier alpha value is -0.640. The standard InChI is InChI=1S/C18H34O16/c19-1-5(23)9(24)10(25)6(2-20)32-18-16(14(29)12(27)8(4-22)33-18)34-17-15(30)13(28)11(26)7(3-21)31-17/h5-30H,1-4H2/t5-,6-,7-,8-,9-,10-,11+,12-,13+,14+,15-,16+,17-,18+/m1/s1. The van der Waals surface area contributed by atoms with Gasteiger partial charge >= 0.3 is 0 Å². The molecule has 0 bridgehead atoms. The zero-order valence-electron chi connectivity index (χ0n) is 17.9. The lowest BCUT2D eigenvalue weighted by Crippen LogP contribution is -2.65. The smallest absolute Gasteiger partial charge is 0.187 e. The maximum absolute atomic E-state index is 10.5. The van der Waals surface area contributed by atoms with Gasteiger partial charge in [-0.2, -0.15) is 0 Å². The quantitative estimate of drug-likeness (QED) is 0.124. The van der Waals surface area contributed by atoms with Gasteiger partial charge in [0, 0.05) is 0 Å². The fourth-order valence-corrected chi connectivity index (χ4v) is 3.60. The molecule has 0 spiro atoms. The van der Waals surface area contributed by atoms with Crippen LogP contribution in [0.3, 0.4) is 0 Å². The van der Waals surface area contributed by atoms with Gasteiger partial charge in [0.1, 0.15) is 73.2 Å². The molecule has 0 aromatic rings. The van der Waals surface area contributed by atoms with Gasteiger partial charge in [-0.25, -0.2) is 0 Å². The third-order valence-electron chi connectivity index (χ3n) is 5.77. The van der Waals surface area contributed by atoms with Crippen LogP contribution in [0.2, 0.25) is 0 Å². The SMILES string of the molecule is OC[C@@H](O)[C@@H](O)[C@H](O)[C@@H](CO)O[C@H]1O[C@H](CO)[C@@H](O)[C@H](O)[C@@H]1O[C@H]1O[C@H](CO)[C@H](O)[C@H](O)[C@H]1O. The first-order valence-corrected chi connectivity index (χ1v) is 10.5. The van der Waals surface area contributed by atoms with E-state index >= 15 is 0 Å². The van der Waals surface area contributed by atoms with Crippen molar-refractivity contribution in [2.45, 2.75) is 85.8 Å². The molecule has 12 N–H and O–H groups in total. The van der Waals surface area contributed by atoms with Crippen molar-refractivity contribution in [3.63, 3.8) is 0 Å². The average Bonchev–Trinajstić information content (AvgIpc) is 2.84. The van der Waals surface area contributed by atoms with E-state index in [1.165, 1.54) is 0 Å². The van der Waals surface area contributed by atoms with Crippen LogP contribution in [0.1, 0.15) is 0 Å². The molecule has 0 aromatic carbocycles. The van der Waals surface area contributed by atoms with E-state index in [4.69, 9.17) is 24.1 Å². The van der Waals surface area contributed by atoms with Crippen LogP contribution in [-0.4, -0.2) is 174 Å². The lowest BCUT2D eigenvalue weighted by molar-refractivity contribution is -0.375. The Morgan fingerprint density at radius 3 is 1.65 bits per heavy atom. The van der Waals surface area contributed by atoms with Crippen LogP contribution in [0.4, 0.5) is 0 Å². The predicted octanol–water partition coefficient (Wildman–Crippen LogP) is -7.94. The number of aliphatic hydroxyl groups excluding tert-OH is 12. The summed E-state index contributed by atoms with van der Waals surface area (Å²) in [6.07, 6.45) is -24.8. The van der Waals surface area contributed by atoms with Gasteiger partial charge in [0.25, 0.3) is 0 Å². The van der Waals surface area contributed by atoms with Crippen molar-refractivity contribution in [3.8, 4) is 0 Å². The van der Waals surface area contributed by atoms with Crippen molar-refractivity contribution in [2.24, 2.45) is 0 Å². The number of hydrogen-bond donors (Lipinski definition) is 12. The molecule has 2 aliphatic heterocycles. The van der Waals surface area contributed by atoms with Crippen LogP contribution in [0.5, 0.6) is 0 Å². The Morgan fingerprint density at radius 1 is 0.618 bits per heavy atom. The highest BCUT2D eigenvalue weighted by Gasteiger charge is 2.51. The van der Waals surface area contributed by atoms with Crippen molar-refractivity contribution in [2.75, 3.05) is 26.4 Å². The summed E-state index contributed by atoms with van der Waals surface area (Å²) in [6.45, 7) is -3.52. The van der Waals surface area contributed by atoms with Crippen LogP contribution < -0.4 is 0 Å². The molecular weight excluding hydrogens is 472 g/mol. The van der Waals surface area contributed by atoms with Crippen molar-refractivity contribution >= 4 is 0 Å². The fraction of sp³-hybridized carbons (Fsp3) is 1.00. The van der Waals surface area contributed by atoms with Gasteiger partial charge < -0.3 is 80.2 Å². The molecule has 0 saturated carbocycles. The van der Waals surface area contributed by atoms with E-state index in [9.17, 15) is 56.2 Å². The van der Waals surface area contributed by atoms with Crippen molar-refractivity contribution in [1.29, 1.82) is 0 Å². The molecule has 16 nitrogen and oxygen atoms in total. The molecule has 2 saturated heterocycles. The lowest BCUT2D eigenvalue weighted by atomic mass is 9.97. The lowest BCUT2D eigenvalue weighted by Gasteiger charge is -2.46. The third-order valence-corrected chi connectivity index (χ3v) is 5.77. The molecule has 2 aliphatic rings. The van der Waals surface area contributed by atoms with E-state index in [0.29, 0.717) is 0 Å². The highest BCUT2D eigenvalue weighted by Crippen LogP contribution is 2.30. The van der Waals surface area contributed by atoms with Crippen LogP contribution in [0.15, 0.2) is 0 Å². The predicted molar refractivity (Wildman–Crippen MR) is 103 cm³/mol. The molecule has 0 amide bonds. The summed E-state index contributed by atoms with van der Waals surface area (Å²) < 4.78 is 21.3. The molecule has 34 heavy (non-hydrogen) atoms. The monoisotopic (exact) mass is 506 g/mol. The Balaban J connectivity index is 2.26. The largest absolute Gasteiger partial charge is 0.394 e. The summed E-state index contributed by atoms with van der Waals surface area (Å²) in [5.74, 6) is 0. The molecule has 2 heterocycles. The second kappa shape index (κ2) is 13.1. The van der Waals surface area contributed by atoms with E-state index in [-0.39, 0.29) is 0 Å². The molecule has 16 heteroatoms. The Kier molecular flexibility index (Phi) is 11.4. The number of aliphatic hydroxyl groups is 12. The van der Waals surface area contributed by atoms with E-state index in [0.717, 1.165) is 0 Å². The first-order valence-electron chi connectivity index (χ1n) is 10.5. The van der Waals surface area contributed by atoms with Gasteiger partial charge in [-0.15, -0.1) is 0 Å². The topological polar surface area (TPSA) is 280 Å². The van der Waals surface area contributed by atoms with Crippen LogP contribution in [0.25, 0.3) is 0 Å². The summed E-state index contributed by atoms with van der Waals surface area (Å²) in [5.41, 5.74) is 0. The van der Waals surface area contributed by atoms with Crippen LogP contribution in [0, 0.1) is 0 Å². The molecular formula is C18H34O16. The van der Waals surface area contributed by atoms with Crippen molar-refractivity contribution in [3.05, 3.63) is 0 Å². The van der Waals surface area contributed by atoms with Gasteiger partial charge in [0.15, 0.2) is 12.6 Å². The number of hydrogen-bond acceptors (Lipinski definition) is 16. The van der Waals surface area contributed by atoms with Crippen LogP contribution >= 0.6 is 0 Å². The zero-order valence-corrected chi connectivity index (χ0v) is 17.9. The summed E-state index contributed by atoms with van der Waals surface area (Å²) in [5, 5.41) is 118. The Morgan fingerprint density at radius 2 is 1.15 bits per heavy atom. The van der Waals surface area contributed by atoms with Gasteiger partial charge in [0.05, 0.1) is 26.4 Å². The maximum Gasteiger partial charge on any atom is 0.187 e. The van der Waals surface area contributed by atoms with Gasteiger partial charge in [-0.1, -0.05) is 0 Å². The highest BCUT2D eigenvalue weighted by molar-refractivity contribution is 4.94. The van der Waals surface area contributed by atoms with Gasteiger partial charge in [-0.3, -0.25) is 0 Å². The molecule has 14 atom stereocenters. The molecule has 0 aliphatic carbocycles. The number of rotatable bonds is 11. The minimum absolute atomic E-state index is 0.784.